The Kier molecular flexibility index (Phi) is 6.24. The van der Waals surface area contributed by atoms with Crippen LogP contribution in [0.1, 0.15) is 54.9 Å². The van der Waals surface area contributed by atoms with Crippen LogP contribution in [-0.4, -0.2) is 17.9 Å². The zero-order valence-corrected chi connectivity index (χ0v) is 18.7. The maximum Gasteiger partial charge on any atom is 0.265 e. The van der Waals surface area contributed by atoms with Crippen molar-refractivity contribution < 1.29 is 14.3 Å². The Balaban J connectivity index is 1.79. The quantitative estimate of drug-likeness (QED) is 0.690. The molecule has 1 aliphatic rings. The lowest BCUT2D eigenvalue weighted by Crippen LogP contribution is -2.30. The van der Waals surface area contributed by atoms with Crippen LogP contribution >= 0.6 is 22.9 Å². The number of nitrogens with one attached hydrogen (secondary N) is 1. The molecule has 0 spiro atoms. The average Bonchev–Trinajstić information content (AvgIpc) is 2.98. The second-order valence-electron chi connectivity index (χ2n) is 8.58. The zero-order valence-electron chi connectivity index (χ0n) is 17.2. The minimum atomic E-state index is -0.754. The minimum Gasteiger partial charge on any atom is -0.481 e. The maximum atomic E-state index is 12.7. The third kappa shape index (κ3) is 4.93. The first-order valence-electron chi connectivity index (χ1n) is 9.73. The van der Waals surface area contributed by atoms with Gasteiger partial charge in [-0.05, 0) is 61.3 Å². The number of carbonyl (C=O) groups excluding carboxylic acids is 2. The molecule has 1 heterocycles. The van der Waals surface area contributed by atoms with Crippen molar-refractivity contribution in [1.29, 1.82) is 0 Å². The zero-order chi connectivity index (χ0) is 21.3. The summed E-state index contributed by atoms with van der Waals surface area (Å²) in [4.78, 5) is 26.0. The lowest BCUT2D eigenvalue weighted by atomic mass is 9.72. The number of hydrogen-bond donors (Lipinski definition) is 2. The molecule has 0 fully saturated rings. The predicted octanol–water partition coefficient (Wildman–Crippen LogP) is 5.06. The molecule has 2 unspecified atom stereocenters. The normalized spacial score (nSPS) is 17.3. The van der Waals surface area contributed by atoms with Crippen LogP contribution in [0.4, 0.5) is 5.00 Å². The fraction of sp³-hybridized carbons (Fsp3) is 0.455. The highest BCUT2D eigenvalue weighted by Gasteiger charge is 2.33. The third-order valence-electron chi connectivity index (χ3n) is 5.45. The van der Waals surface area contributed by atoms with E-state index in [1.807, 2.05) is 0 Å². The number of amides is 2. The number of ether oxygens (including phenoxy) is 1. The van der Waals surface area contributed by atoms with Gasteiger partial charge in [0.05, 0.1) is 5.56 Å². The molecular weight excluding hydrogens is 408 g/mol. The topological polar surface area (TPSA) is 81.4 Å². The van der Waals surface area contributed by atoms with Crippen molar-refractivity contribution >= 4 is 39.8 Å². The number of carbonyl (C=O) groups is 2. The average molecular weight is 435 g/mol. The smallest absolute Gasteiger partial charge is 0.265 e. The van der Waals surface area contributed by atoms with Crippen LogP contribution in [-0.2, 0) is 17.6 Å². The van der Waals surface area contributed by atoms with E-state index in [-0.39, 0.29) is 11.3 Å². The summed E-state index contributed by atoms with van der Waals surface area (Å²) in [7, 11) is 0. The number of primary amides is 1. The molecule has 0 bridgehead atoms. The summed E-state index contributed by atoms with van der Waals surface area (Å²) in [6.07, 6.45) is 1.95. The SMILES string of the molecule is CC(Oc1cccc(Cl)c1)C(=O)Nc1sc2c(c1C(N)=O)CCC(C(C)(C)C)C2. The summed E-state index contributed by atoms with van der Waals surface area (Å²) in [6.45, 7) is 8.37. The van der Waals surface area contributed by atoms with Crippen LogP contribution in [0.25, 0.3) is 0 Å². The van der Waals surface area contributed by atoms with Gasteiger partial charge in [0.15, 0.2) is 6.10 Å². The fourth-order valence-corrected chi connectivity index (χ4v) is 5.20. The van der Waals surface area contributed by atoms with Gasteiger partial charge in [0.1, 0.15) is 10.8 Å². The van der Waals surface area contributed by atoms with E-state index in [9.17, 15) is 9.59 Å². The van der Waals surface area contributed by atoms with Crippen LogP contribution in [0.5, 0.6) is 5.75 Å². The first-order chi connectivity index (χ1) is 13.6. The van der Waals surface area contributed by atoms with Crippen molar-refractivity contribution in [1.82, 2.24) is 0 Å². The van der Waals surface area contributed by atoms with Crippen molar-refractivity contribution in [3.05, 3.63) is 45.3 Å². The predicted molar refractivity (Wildman–Crippen MR) is 118 cm³/mol. The van der Waals surface area contributed by atoms with E-state index in [4.69, 9.17) is 22.1 Å². The molecule has 1 aromatic heterocycles. The van der Waals surface area contributed by atoms with E-state index in [0.717, 1.165) is 29.7 Å². The van der Waals surface area contributed by atoms with Gasteiger partial charge in [-0.2, -0.15) is 0 Å². The lowest BCUT2D eigenvalue weighted by molar-refractivity contribution is -0.122. The molecule has 0 saturated carbocycles. The fourth-order valence-electron chi connectivity index (χ4n) is 3.69. The van der Waals surface area contributed by atoms with E-state index in [2.05, 4.69) is 26.1 Å². The van der Waals surface area contributed by atoms with Crippen molar-refractivity contribution in [3.8, 4) is 5.75 Å². The van der Waals surface area contributed by atoms with E-state index in [0.29, 0.717) is 27.3 Å². The van der Waals surface area contributed by atoms with Crippen molar-refractivity contribution in [2.45, 2.75) is 53.1 Å². The number of thiophene rings is 1. The van der Waals surface area contributed by atoms with E-state index in [1.54, 1.807) is 31.2 Å². The molecular formula is C22H27ClN2O3S. The molecule has 156 valence electrons. The van der Waals surface area contributed by atoms with Crippen LogP contribution in [0, 0.1) is 11.3 Å². The largest absolute Gasteiger partial charge is 0.481 e. The summed E-state index contributed by atoms with van der Waals surface area (Å²) < 4.78 is 5.69. The van der Waals surface area contributed by atoms with Gasteiger partial charge in [-0.3, -0.25) is 9.59 Å². The number of anilines is 1. The highest BCUT2D eigenvalue weighted by molar-refractivity contribution is 7.17. The number of benzene rings is 1. The summed E-state index contributed by atoms with van der Waals surface area (Å²) in [5.74, 6) is 0.200. The van der Waals surface area contributed by atoms with Crippen molar-refractivity contribution in [2.75, 3.05) is 5.32 Å². The Bertz CT molecular complexity index is 933. The van der Waals surface area contributed by atoms with Crippen LogP contribution in [0.3, 0.4) is 0 Å². The number of fused-ring (bicyclic) bond motifs is 1. The molecule has 2 aromatic rings. The van der Waals surface area contributed by atoms with Gasteiger partial charge < -0.3 is 15.8 Å². The standard InChI is InChI=1S/C22H27ClN2O3S/c1-12(28-15-7-5-6-14(23)11-15)20(27)25-21-18(19(24)26)16-9-8-13(22(2,3)4)10-17(16)29-21/h5-7,11-13H,8-10H2,1-4H3,(H2,24,26)(H,25,27). The first kappa shape index (κ1) is 21.7. The van der Waals surface area contributed by atoms with Gasteiger partial charge in [-0.1, -0.05) is 38.4 Å². The highest BCUT2D eigenvalue weighted by atomic mass is 35.5. The molecule has 0 radical (unpaired) electrons. The second-order valence-corrected chi connectivity index (χ2v) is 10.1. The molecule has 5 nitrogen and oxygen atoms in total. The molecule has 1 aliphatic carbocycles. The second kappa shape index (κ2) is 8.36. The monoisotopic (exact) mass is 434 g/mol. The molecule has 0 saturated heterocycles. The molecule has 2 amide bonds. The molecule has 0 aliphatic heterocycles. The Morgan fingerprint density at radius 3 is 2.69 bits per heavy atom. The molecule has 7 heteroatoms. The van der Waals surface area contributed by atoms with Crippen LogP contribution < -0.4 is 15.8 Å². The Labute approximate surface area is 180 Å². The number of hydrogen-bond acceptors (Lipinski definition) is 4. The van der Waals surface area contributed by atoms with Crippen molar-refractivity contribution in [2.24, 2.45) is 17.1 Å². The summed E-state index contributed by atoms with van der Waals surface area (Å²) in [5.41, 5.74) is 7.29. The summed E-state index contributed by atoms with van der Waals surface area (Å²) >= 11 is 7.42. The lowest BCUT2D eigenvalue weighted by Gasteiger charge is -2.33. The molecule has 3 N–H and O–H groups in total. The molecule has 1 aromatic carbocycles. The van der Waals surface area contributed by atoms with Gasteiger partial charge in [0, 0.05) is 9.90 Å². The number of nitrogens with two attached hydrogens (primary N) is 1. The van der Waals surface area contributed by atoms with Gasteiger partial charge in [-0.15, -0.1) is 11.3 Å². The van der Waals surface area contributed by atoms with Crippen LogP contribution in [0.15, 0.2) is 24.3 Å². The Hall–Kier alpha value is -2.05. The molecule has 29 heavy (non-hydrogen) atoms. The summed E-state index contributed by atoms with van der Waals surface area (Å²) in [5, 5.41) is 3.91. The highest BCUT2D eigenvalue weighted by Crippen LogP contribution is 2.44. The number of rotatable bonds is 5. The summed E-state index contributed by atoms with van der Waals surface area (Å²) in [6, 6.07) is 6.88. The Morgan fingerprint density at radius 2 is 2.07 bits per heavy atom. The van der Waals surface area contributed by atoms with Gasteiger partial charge in [0.2, 0.25) is 0 Å². The van der Waals surface area contributed by atoms with Gasteiger partial charge in [-0.25, -0.2) is 0 Å². The van der Waals surface area contributed by atoms with Crippen molar-refractivity contribution in [3.63, 3.8) is 0 Å². The van der Waals surface area contributed by atoms with Gasteiger partial charge in [0.25, 0.3) is 11.8 Å². The first-order valence-corrected chi connectivity index (χ1v) is 10.9. The minimum absolute atomic E-state index is 0.192. The molecule has 2 atom stereocenters. The maximum absolute atomic E-state index is 12.7. The van der Waals surface area contributed by atoms with E-state index < -0.39 is 12.0 Å². The third-order valence-corrected chi connectivity index (χ3v) is 6.86. The number of halogens is 1. The van der Waals surface area contributed by atoms with Gasteiger partial charge >= 0.3 is 0 Å². The van der Waals surface area contributed by atoms with E-state index in [1.165, 1.54) is 11.3 Å². The van der Waals surface area contributed by atoms with Crippen LogP contribution in [0.2, 0.25) is 5.02 Å². The van der Waals surface area contributed by atoms with E-state index >= 15 is 0 Å². The molecule has 3 rings (SSSR count). The Morgan fingerprint density at radius 1 is 1.34 bits per heavy atom.